The standard InChI is InChI=1S/C31H27N3O8/c1-31(39)25(42-28(37)22-15-9-4-10-16-22)23(19-40-27(36)21-13-7-3-8-14-21)41-29(31)34-18-17-24(33-30(34)38)32-26(35)20-11-5-2-6-12-20/h2-18,23,25,29,39H,19H2,1H3,(H,32,33,35,38)/t23-,25?,29-,31?/m1/s1. The van der Waals surface area contributed by atoms with E-state index in [1.165, 1.54) is 19.2 Å². The molecule has 4 atom stereocenters. The van der Waals surface area contributed by atoms with Crippen LogP contribution in [-0.4, -0.2) is 56.9 Å². The maximum Gasteiger partial charge on any atom is 0.351 e. The number of esters is 2. The van der Waals surface area contributed by atoms with Crippen LogP contribution in [0.25, 0.3) is 0 Å². The monoisotopic (exact) mass is 569 g/mol. The van der Waals surface area contributed by atoms with Gasteiger partial charge >= 0.3 is 17.6 Å². The van der Waals surface area contributed by atoms with Gasteiger partial charge in [-0.2, -0.15) is 4.98 Å². The molecule has 5 rings (SSSR count). The third-order valence-electron chi connectivity index (χ3n) is 6.71. The Morgan fingerprint density at radius 3 is 2.00 bits per heavy atom. The molecule has 2 N–H and O–H groups in total. The molecule has 0 radical (unpaired) electrons. The van der Waals surface area contributed by atoms with E-state index in [2.05, 4.69) is 10.3 Å². The van der Waals surface area contributed by atoms with Crippen molar-refractivity contribution in [2.45, 2.75) is 31.0 Å². The SMILES string of the molecule is CC1(O)C(OC(=O)c2ccccc2)[C@@H](COC(=O)c2ccccc2)O[C@H]1n1ccc(NC(=O)c2ccccc2)nc1=O. The largest absolute Gasteiger partial charge is 0.459 e. The molecule has 2 unspecified atom stereocenters. The summed E-state index contributed by atoms with van der Waals surface area (Å²) < 4.78 is 18.1. The minimum Gasteiger partial charge on any atom is -0.459 e. The Morgan fingerprint density at radius 1 is 0.881 bits per heavy atom. The highest BCUT2D eigenvalue weighted by Gasteiger charge is 2.57. The molecule has 0 saturated carbocycles. The summed E-state index contributed by atoms with van der Waals surface area (Å²) in [6, 6.07) is 26.2. The number of benzene rings is 3. The maximum atomic E-state index is 13.1. The topological polar surface area (TPSA) is 146 Å². The Bertz CT molecular complexity index is 1620. The van der Waals surface area contributed by atoms with E-state index < -0.39 is 47.6 Å². The molecule has 2 heterocycles. The lowest BCUT2D eigenvalue weighted by atomic mass is 9.96. The fourth-order valence-corrected chi connectivity index (χ4v) is 4.57. The molecule has 11 nitrogen and oxygen atoms in total. The van der Waals surface area contributed by atoms with Gasteiger partial charge in [-0.3, -0.25) is 9.36 Å². The summed E-state index contributed by atoms with van der Waals surface area (Å²) in [5, 5.41) is 14.2. The summed E-state index contributed by atoms with van der Waals surface area (Å²) >= 11 is 0. The van der Waals surface area contributed by atoms with Crippen molar-refractivity contribution in [1.29, 1.82) is 0 Å². The zero-order chi connectivity index (χ0) is 29.7. The summed E-state index contributed by atoms with van der Waals surface area (Å²) in [6.07, 6.45) is -2.58. The molecule has 0 bridgehead atoms. The minimum atomic E-state index is -1.96. The van der Waals surface area contributed by atoms with Crippen LogP contribution >= 0.6 is 0 Å². The van der Waals surface area contributed by atoms with Crippen molar-refractivity contribution in [3.63, 3.8) is 0 Å². The van der Waals surface area contributed by atoms with Gasteiger partial charge in [-0.1, -0.05) is 54.6 Å². The summed E-state index contributed by atoms with van der Waals surface area (Å²) in [4.78, 5) is 55.0. The number of hydrogen-bond acceptors (Lipinski definition) is 9. The predicted molar refractivity (Wildman–Crippen MR) is 150 cm³/mol. The molecule has 1 aromatic heterocycles. The lowest BCUT2D eigenvalue weighted by molar-refractivity contribution is -0.101. The van der Waals surface area contributed by atoms with Gasteiger partial charge in [0, 0.05) is 11.8 Å². The first-order valence-electron chi connectivity index (χ1n) is 13.1. The second kappa shape index (κ2) is 12.2. The molecule has 0 spiro atoms. The van der Waals surface area contributed by atoms with Crippen molar-refractivity contribution in [2.75, 3.05) is 11.9 Å². The molecular formula is C31H27N3O8. The van der Waals surface area contributed by atoms with Crippen LogP contribution in [0.4, 0.5) is 5.82 Å². The summed E-state index contributed by atoms with van der Waals surface area (Å²) in [6.45, 7) is 0.956. The first-order chi connectivity index (χ1) is 20.2. The number of rotatable bonds is 8. The van der Waals surface area contributed by atoms with Crippen LogP contribution in [0.3, 0.4) is 0 Å². The maximum absolute atomic E-state index is 13.1. The number of ether oxygens (including phenoxy) is 3. The number of nitrogens with zero attached hydrogens (tertiary/aromatic N) is 2. The number of aromatic nitrogens is 2. The van der Waals surface area contributed by atoms with Gasteiger partial charge in [0.15, 0.2) is 12.3 Å². The zero-order valence-corrected chi connectivity index (χ0v) is 22.5. The molecule has 0 aliphatic carbocycles. The van der Waals surface area contributed by atoms with Crippen LogP contribution in [0.1, 0.15) is 44.2 Å². The molecule has 1 fully saturated rings. The van der Waals surface area contributed by atoms with Gasteiger partial charge in [-0.25, -0.2) is 14.4 Å². The number of carbonyl (C=O) groups excluding carboxylic acids is 3. The lowest BCUT2D eigenvalue weighted by Crippen LogP contribution is -2.48. The predicted octanol–water partition coefficient (Wildman–Crippen LogP) is 3.23. The van der Waals surface area contributed by atoms with Gasteiger partial charge in [-0.05, 0) is 49.4 Å². The van der Waals surface area contributed by atoms with E-state index in [1.54, 1.807) is 91.0 Å². The van der Waals surface area contributed by atoms with Crippen LogP contribution in [-0.2, 0) is 14.2 Å². The molecule has 214 valence electrons. The third-order valence-corrected chi connectivity index (χ3v) is 6.71. The smallest absolute Gasteiger partial charge is 0.351 e. The Kier molecular flexibility index (Phi) is 8.23. The molecule has 1 saturated heterocycles. The van der Waals surface area contributed by atoms with E-state index in [-0.39, 0.29) is 18.0 Å². The van der Waals surface area contributed by atoms with E-state index in [0.29, 0.717) is 11.1 Å². The summed E-state index contributed by atoms with van der Waals surface area (Å²) in [5.74, 6) is -1.86. The second-order valence-electron chi connectivity index (χ2n) is 9.73. The van der Waals surface area contributed by atoms with Crippen molar-refractivity contribution in [3.8, 4) is 0 Å². The van der Waals surface area contributed by atoms with Crippen LogP contribution in [0.2, 0.25) is 0 Å². The van der Waals surface area contributed by atoms with Gasteiger partial charge in [0.1, 0.15) is 24.1 Å². The number of carbonyl (C=O) groups is 3. The third kappa shape index (κ3) is 6.12. The lowest BCUT2D eigenvalue weighted by Gasteiger charge is -2.30. The van der Waals surface area contributed by atoms with E-state index in [4.69, 9.17) is 14.2 Å². The van der Waals surface area contributed by atoms with Gasteiger partial charge in [0.2, 0.25) is 0 Å². The molecular weight excluding hydrogens is 542 g/mol. The highest BCUT2D eigenvalue weighted by Crippen LogP contribution is 2.40. The molecule has 3 aromatic carbocycles. The van der Waals surface area contributed by atoms with Crippen LogP contribution in [0, 0.1) is 0 Å². The van der Waals surface area contributed by atoms with Crippen LogP contribution in [0.15, 0.2) is 108 Å². The fourth-order valence-electron chi connectivity index (χ4n) is 4.57. The average molecular weight is 570 g/mol. The first kappa shape index (κ1) is 28.4. The molecule has 11 heteroatoms. The van der Waals surface area contributed by atoms with E-state index >= 15 is 0 Å². The quantitative estimate of drug-likeness (QED) is 0.305. The highest BCUT2D eigenvalue weighted by atomic mass is 16.6. The van der Waals surface area contributed by atoms with E-state index in [9.17, 15) is 24.3 Å². The van der Waals surface area contributed by atoms with E-state index in [1.807, 2.05) is 0 Å². The van der Waals surface area contributed by atoms with Crippen molar-refractivity contribution in [3.05, 3.63) is 130 Å². The van der Waals surface area contributed by atoms with Crippen LogP contribution < -0.4 is 11.0 Å². The van der Waals surface area contributed by atoms with Gasteiger partial charge in [0.25, 0.3) is 5.91 Å². The molecule has 1 aliphatic heterocycles. The minimum absolute atomic E-state index is 0.0110. The normalized spacial score (nSPS) is 21.3. The molecule has 1 amide bonds. The zero-order valence-electron chi connectivity index (χ0n) is 22.5. The number of nitrogens with one attached hydrogen (secondary N) is 1. The van der Waals surface area contributed by atoms with Crippen molar-refractivity contribution in [1.82, 2.24) is 9.55 Å². The van der Waals surface area contributed by atoms with Crippen molar-refractivity contribution < 1.29 is 33.7 Å². The Morgan fingerprint density at radius 2 is 1.43 bits per heavy atom. The average Bonchev–Trinajstić information content (AvgIpc) is 3.25. The van der Waals surface area contributed by atoms with Crippen molar-refractivity contribution in [2.24, 2.45) is 0 Å². The van der Waals surface area contributed by atoms with Crippen molar-refractivity contribution >= 4 is 23.7 Å². The number of aliphatic hydroxyl groups is 1. The molecule has 42 heavy (non-hydrogen) atoms. The molecule has 1 aliphatic rings. The summed E-state index contributed by atoms with van der Waals surface area (Å²) in [7, 11) is 0. The van der Waals surface area contributed by atoms with E-state index in [0.717, 1.165) is 4.57 Å². The molecule has 4 aromatic rings. The van der Waals surface area contributed by atoms with Gasteiger partial charge in [-0.15, -0.1) is 0 Å². The summed E-state index contributed by atoms with van der Waals surface area (Å²) in [5.41, 5.74) is -1.91. The van der Waals surface area contributed by atoms with Crippen LogP contribution in [0.5, 0.6) is 0 Å². The Hall–Kier alpha value is -5.13. The Balaban J connectivity index is 1.39. The number of hydrogen-bond donors (Lipinski definition) is 2. The number of amides is 1. The Labute approximate surface area is 240 Å². The first-order valence-corrected chi connectivity index (χ1v) is 13.1. The fraction of sp³-hybridized carbons (Fsp3) is 0.194. The number of anilines is 1. The second-order valence-corrected chi connectivity index (χ2v) is 9.73. The van der Waals surface area contributed by atoms with Gasteiger partial charge in [0.05, 0.1) is 11.1 Å². The highest BCUT2D eigenvalue weighted by molar-refractivity contribution is 6.03. The van der Waals surface area contributed by atoms with Gasteiger partial charge < -0.3 is 24.6 Å².